The molecule has 0 atom stereocenters. The maximum atomic E-state index is 12.4. The van der Waals surface area contributed by atoms with Gasteiger partial charge in [-0.1, -0.05) is 0 Å². The number of nitrogens with one attached hydrogen (secondary N) is 1. The fourth-order valence-electron chi connectivity index (χ4n) is 2.49. The number of alkyl halides is 3. The number of pyridine rings is 1. The number of hydrogen-bond acceptors (Lipinski definition) is 5. The Morgan fingerprint density at radius 1 is 1.12 bits per heavy atom. The molecule has 1 aliphatic rings. The molecule has 0 saturated carbocycles. The molecule has 2 aromatic rings. The molecule has 24 heavy (non-hydrogen) atoms. The summed E-state index contributed by atoms with van der Waals surface area (Å²) in [6, 6.07) is 5.87. The van der Waals surface area contributed by atoms with Crippen molar-refractivity contribution in [1.29, 1.82) is 0 Å². The molecule has 0 radical (unpaired) electrons. The third kappa shape index (κ3) is 4.06. The minimum absolute atomic E-state index is 0.224. The number of piperidine rings is 1. The van der Waals surface area contributed by atoms with Crippen molar-refractivity contribution in [3.05, 3.63) is 41.8 Å². The summed E-state index contributed by atoms with van der Waals surface area (Å²) in [5, 5.41) is 3.93. The molecule has 0 aliphatic carbocycles. The molecule has 1 aliphatic heterocycles. The minimum Gasteiger partial charge on any atom is -0.440 e. The van der Waals surface area contributed by atoms with Gasteiger partial charge >= 0.3 is 6.18 Å². The molecule has 128 valence electrons. The SMILES string of the molecule is FC(F)(F)c1ccc(N/N=C\c2ccc(N3CCCCC3)o2)nc1. The summed E-state index contributed by atoms with van der Waals surface area (Å²) >= 11 is 0. The van der Waals surface area contributed by atoms with Crippen molar-refractivity contribution < 1.29 is 17.6 Å². The molecule has 0 unspecified atom stereocenters. The summed E-state index contributed by atoms with van der Waals surface area (Å²) in [5.74, 6) is 1.60. The summed E-state index contributed by atoms with van der Waals surface area (Å²) in [6.07, 6.45) is 1.39. The highest BCUT2D eigenvalue weighted by molar-refractivity contribution is 5.77. The van der Waals surface area contributed by atoms with Crippen LogP contribution in [-0.4, -0.2) is 24.3 Å². The lowest BCUT2D eigenvalue weighted by molar-refractivity contribution is -0.137. The van der Waals surface area contributed by atoms with Crippen LogP contribution >= 0.6 is 0 Å². The Kier molecular flexibility index (Phi) is 4.73. The molecule has 0 amide bonds. The van der Waals surface area contributed by atoms with Gasteiger partial charge in [0, 0.05) is 25.4 Å². The lowest BCUT2D eigenvalue weighted by Gasteiger charge is -2.25. The van der Waals surface area contributed by atoms with Gasteiger partial charge in [0.15, 0.2) is 5.88 Å². The minimum atomic E-state index is -4.40. The zero-order valence-corrected chi connectivity index (χ0v) is 12.9. The van der Waals surface area contributed by atoms with Gasteiger partial charge < -0.3 is 9.32 Å². The fourth-order valence-corrected chi connectivity index (χ4v) is 2.49. The first-order chi connectivity index (χ1) is 11.5. The van der Waals surface area contributed by atoms with E-state index in [4.69, 9.17) is 4.42 Å². The molecule has 1 fully saturated rings. The van der Waals surface area contributed by atoms with E-state index in [1.165, 1.54) is 18.7 Å². The Bertz CT molecular complexity index is 688. The van der Waals surface area contributed by atoms with E-state index in [0.717, 1.165) is 44.1 Å². The summed E-state index contributed by atoms with van der Waals surface area (Å²) in [6.45, 7) is 1.97. The van der Waals surface area contributed by atoms with Gasteiger partial charge in [0.2, 0.25) is 0 Å². The predicted octanol–water partition coefficient (Wildman–Crippen LogP) is 4.13. The van der Waals surface area contributed by atoms with Crippen molar-refractivity contribution in [2.75, 3.05) is 23.4 Å². The largest absolute Gasteiger partial charge is 0.440 e. The van der Waals surface area contributed by atoms with Crippen molar-refractivity contribution >= 4 is 17.9 Å². The molecule has 3 heterocycles. The number of hydrogen-bond donors (Lipinski definition) is 1. The Hall–Kier alpha value is -2.51. The van der Waals surface area contributed by atoms with E-state index < -0.39 is 11.7 Å². The molecule has 0 spiro atoms. The van der Waals surface area contributed by atoms with Crippen molar-refractivity contribution in [2.24, 2.45) is 5.10 Å². The Labute approximate surface area is 137 Å². The van der Waals surface area contributed by atoms with Gasteiger partial charge in [-0.3, -0.25) is 5.43 Å². The summed E-state index contributed by atoms with van der Waals surface area (Å²) < 4.78 is 43.0. The van der Waals surface area contributed by atoms with E-state index in [0.29, 0.717) is 5.76 Å². The number of nitrogens with zero attached hydrogens (tertiary/aromatic N) is 3. The highest BCUT2D eigenvalue weighted by Gasteiger charge is 2.30. The van der Waals surface area contributed by atoms with Crippen LogP contribution in [0.3, 0.4) is 0 Å². The highest BCUT2D eigenvalue weighted by atomic mass is 19.4. The van der Waals surface area contributed by atoms with Crippen LogP contribution in [0.15, 0.2) is 40.0 Å². The fraction of sp³-hybridized carbons (Fsp3) is 0.375. The molecular weight excluding hydrogens is 321 g/mol. The quantitative estimate of drug-likeness (QED) is 0.673. The standard InChI is InChI=1S/C16H17F3N4O/c17-16(18,19)12-4-6-14(20-10-12)22-21-11-13-5-7-15(24-13)23-8-2-1-3-9-23/h4-7,10-11H,1-3,8-9H2,(H,20,22)/b21-11-. The third-order valence-corrected chi connectivity index (χ3v) is 3.74. The van der Waals surface area contributed by atoms with Gasteiger partial charge in [-0.05, 0) is 37.5 Å². The second-order valence-corrected chi connectivity index (χ2v) is 5.52. The van der Waals surface area contributed by atoms with Crippen LogP contribution in [0.4, 0.5) is 24.9 Å². The zero-order chi connectivity index (χ0) is 17.0. The van der Waals surface area contributed by atoms with Gasteiger partial charge in [0.25, 0.3) is 0 Å². The molecule has 3 rings (SSSR count). The Balaban J connectivity index is 1.57. The number of rotatable bonds is 4. The number of furan rings is 1. The van der Waals surface area contributed by atoms with Crippen LogP contribution in [0.2, 0.25) is 0 Å². The average molecular weight is 338 g/mol. The molecule has 2 aromatic heterocycles. The third-order valence-electron chi connectivity index (χ3n) is 3.74. The summed E-state index contributed by atoms with van der Waals surface area (Å²) in [5.41, 5.74) is 1.78. The van der Waals surface area contributed by atoms with E-state index in [1.807, 2.05) is 6.07 Å². The maximum absolute atomic E-state index is 12.4. The number of anilines is 2. The maximum Gasteiger partial charge on any atom is 0.417 e. The van der Waals surface area contributed by atoms with Gasteiger partial charge in [-0.2, -0.15) is 18.3 Å². The molecular formula is C16H17F3N4O. The number of hydrazone groups is 1. The van der Waals surface area contributed by atoms with Crippen LogP contribution in [0.5, 0.6) is 0 Å². The van der Waals surface area contributed by atoms with Gasteiger partial charge in [0.1, 0.15) is 11.6 Å². The topological polar surface area (TPSA) is 53.7 Å². The van der Waals surface area contributed by atoms with E-state index in [2.05, 4.69) is 20.4 Å². The summed E-state index contributed by atoms with van der Waals surface area (Å²) in [4.78, 5) is 5.86. The monoisotopic (exact) mass is 338 g/mol. The molecule has 1 saturated heterocycles. The Morgan fingerprint density at radius 2 is 1.92 bits per heavy atom. The Morgan fingerprint density at radius 3 is 2.58 bits per heavy atom. The lowest BCUT2D eigenvalue weighted by atomic mass is 10.1. The normalized spacial score (nSPS) is 15.9. The van der Waals surface area contributed by atoms with E-state index in [1.54, 1.807) is 6.07 Å². The molecule has 1 N–H and O–H groups in total. The van der Waals surface area contributed by atoms with E-state index >= 15 is 0 Å². The van der Waals surface area contributed by atoms with E-state index in [9.17, 15) is 13.2 Å². The average Bonchev–Trinajstić information content (AvgIpc) is 3.04. The van der Waals surface area contributed by atoms with Gasteiger partial charge in [0.05, 0.1) is 11.8 Å². The number of halogens is 3. The van der Waals surface area contributed by atoms with Crippen molar-refractivity contribution in [3.63, 3.8) is 0 Å². The van der Waals surface area contributed by atoms with Crippen LogP contribution in [0, 0.1) is 0 Å². The van der Waals surface area contributed by atoms with Crippen molar-refractivity contribution in [2.45, 2.75) is 25.4 Å². The first kappa shape index (κ1) is 16.4. The predicted molar refractivity (Wildman–Crippen MR) is 85.2 cm³/mol. The first-order valence-corrected chi connectivity index (χ1v) is 7.69. The highest BCUT2D eigenvalue weighted by Crippen LogP contribution is 2.28. The smallest absolute Gasteiger partial charge is 0.417 e. The molecule has 0 bridgehead atoms. The molecule has 5 nitrogen and oxygen atoms in total. The second kappa shape index (κ2) is 6.94. The summed E-state index contributed by atoms with van der Waals surface area (Å²) in [7, 11) is 0. The molecule has 8 heteroatoms. The zero-order valence-electron chi connectivity index (χ0n) is 12.9. The van der Waals surface area contributed by atoms with Gasteiger partial charge in [-0.15, -0.1) is 0 Å². The van der Waals surface area contributed by atoms with Crippen LogP contribution in [0.25, 0.3) is 0 Å². The van der Waals surface area contributed by atoms with Crippen LogP contribution in [-0.2, 0) is 6.18 Å². The van der Waals surface area contributed by atoms with Crippen molar-refractivity contribution in [1.82, 2.24) is 4.98 Å². The van der Waals surface area contributed by atoms with Crippen molar-refractivity contribution in [3.8, 4) is 0 Å². The van der Waals surface area contributed by atoms with E-state index in [-0.39, 0.29) is 5.82 Å². The lowest BCUT2D eigenvalue weighted by Crippen LogP contribution is -2.28. The second-order valence-electron chi connectivity index (χ2n) is 5.52. The first-order valence-electron chi connectivity index (χ1n) is 7.69. The number of aromatic nitrogens is 1. The van der Waals surface area contributed by atoms with Crippen LogP contribution in [0.1, 0.15) is 30.6 Å². The molecule has 0 aromatic carbocycles. The van der Waals surface area contributed by atoms with Gasteiger partial charge in [-0.25, -0.2) is 4.98 Å². The van der Waals surface area contributed by atoms with Crippen LogP contribution < -0.4 is 10.3 Å².